The van der Waals surface area contributed by atoms with Crippen molar-refractivity contribution < 1.29 is 4.79 Å². The summed E-state index contributed by atoms with van der Waals surface area (Å²) >= 11 is 0. The summed E-state index contributed by atoms with van der Waals surface area (Å²) < 4.78 is 0. The van der Waals surface area contributed by atoms with E-state index in [-0.39, 0.29) is 11.8 Å². The summed E-state index contributed by atoms with van der Waals surface area (Å²) in [4.78, 5) is 16.1. The molecule has 2 rings (SSSR count). The van der Waals surface area contributed by atoms with Crippen LogP contribution in [0.5, 0.6) is 0 Å². The van der Waals surface area contributed by atoms with Gasteiger partial charge in [0.15, 0.2) is 0 Å². The van der Waals surface area contributed by atoms with Crippen LogP contribution in [0.3, 0.4) is 0 Å². The van der Waals surface area contributed by atoms with E-state index in [4.69, 9.17) is 5.73 Å². The molecular weight excluding hydrogens is 216 g/mol. The van der Waals surface area contributed by atoms with E-state index in [1.165, 1.54) is 0 Å². The monoisotopic (exact) mass is 240 g/mol. The highest BCUT2D eigenvalue weighted by molar-refractivity contribution is 5.76. The molecule has 0 radical (unpaired) electrons. The second kappa shape index (κ2) is 6.33. The van der Waals surface area contributed by atoms with E-state index in [2.05, 4.69) is 15.1 Å². The Morgan fingerprint density at radius 3 is 2.59 bits per heavy atom. The topological polar surface area (TPSA) is 61.6 Å². The van der Waals surface area contributed by atoms with Gasteiger partial charge in [0.05, 0.1) is 5.92 Å². The number of likely N-dealkylation sites (tertiary alicyclic amines) is 1. The highest BCUT2D eigenvalue weighted by Crippen LogP contribution is 2.15. The molecule has 0 saturated carbocycles. The van der Waals surface area contributed by atoms with Crippen LogP contribution in [-0.4, -0.2) is 68.1 Å². The van der Waals surface area contributed by atoms with Crippen molar-refractivity contribution in [1.82, 2.24) is 15.1 Å². The molecule has 2 heterocycles. The fourth-order valence-electron chi connectivity index (χ4n) is 2.71. The number of rotatable bonds is 4. The number of hydrogen-bond acceptors (Lipinski definition) is 4. The van der Waals surface area contributed by atoms with E-state index in [0.717, 1.165) is 65.2 Å². The number of carbonyl (C=O) groups is 1. The first kappa shape index (κ1) is 12.8. The zero-order valence-corrected chi connectivity index (χ0v) is 10.5. The first-order valence-electron chi connectivity index (χ1n) is 6.70. The third-order valence-electron chi connectivity index (χ3n) is 3.85. The van der Waals surface area contributed by atoms with Gasteiger partial charge in [-0.25, -0.2) is 0 Å². The van der Waals surface area contributed by atoms with Crippen molar-refractivity contribution in [2.45, 2.75) is 12.8 Å². The molecule has 0 bridgehead atoms. The number of piperazine rings is 1. The molecule has 1 amide bonds. The molecule has 0 spiro atoms. The Morgan fingerprint density at radius 2 is 1.88 bits per heavy atom. The molecule has 5 heteroatoms. The third kappa shape index (κ3) is 3.94. The van der Waals surface area contributed by atoms with Crippen LogP contribution in [0, 0.1) is 5.92 Å². The number of hydrogen-bond donors (Lipinski definition) is 2. The average Bonchev–Trinajstić information content (AvgIpc) is 2.38. The van der Waals surface area contributed by atoms with E-state index >= 15 is 0 Å². The van der Waals surface area contributed by atoms with Crippen molar-refractivity contribution in [3.05, 3.63) is 0 Å². The van der Waals surface area contributed by atoms with Gasteiger partial charge in [0.2, 0.25) is 5.91 Å². The van der Waals surface area contributed by atoms with Crippen LogP contribution in [-0.2, 0) is 4.79 Å². The zero-order valence-electron chi connectivity index (χ0n) is 10.5. The minimum absolute atomic E-state index is 0.0757. The Bertz CT molecular complexity index is 253. The Balaban J connectivity index is 1.69. The van der Waals surface area contributed by atoms with Gasteiger partial charge >= 0.3 is 0 Å². The first-order valence-corrected chi connectivity index (χ1v) is 6.70. The molecule has 0 aromatic carbocycles. The van der Waals surface area contributed by atoms with Gasteiger partial charge in [0.1, 0.15) is 0 Å². The summed E-state index contributed by atoms with van der Waals surface area (Å²) in [7, 11) is 0. The van der Waals surface area contributed by atoms with Crippen molar-refractivity contribution in [3.8, 4) is 0 Å². The van der Waals surface area contributed by atoms with Crippen LogP contribution >= 0.6 is 0 Å². The van der Waals surface area contributed by atoms with Gasteiger partial charge in [-0.15, -0.1) is 0 Å². The Labute approximate surface area is 103 Å². The predicted molar refractivity (Wildman–Crippen MR) is 67.7 cm³/mol. The molecule has 98 valence electrons. The fourth-order valence-corrected chi connectivity index (χ4v) is 2.71. The molecule has 0 aromatic rings. The summed E-state index contributed by atoms with van der Waals surface area (Å²) in [5, 5.41) is 3.36. The summed E-state index contributed by atoms with van der Waals surface area (Å²) in [6, 6.07) is 0. The minimum Gasteiger partial charge on any atom is -0.369 e. The largest absolute Gasteiger partial charge is 0.369 e. The van der Waals surface area contributed by atoms with Crippen molar-refractivity contribution in [1.29, 1.82) is 0 Å². The van der Waals surface area contributed by atoms with E-state index in [1.807, 2.05) is 0 Å². The van der Waals surface area contributed by atoms with Crippen molar-refractivity contribution >= 4 is 5.91 Å². The van der Waals surface area contributed by atoms with E-state index < -0.39 is 0 Å². The number of nitrogens with zero attached hydrogens (tertiary/aromatic N) is 2. The molecule has 17 heavy (non-hydrogen) atoms. The second-order valence-electron chi connectivity index (χ2n) is 5.13. The zero-order chi connectivity index (χ0) is 12.1. The Kier molecular flexibility index (Phi) is 4.76. The molecule has 2 aliphatic rings. The van der Waals surface area contributed by atoms with Crippen LogP contribution in [0.2, 0.25) is 0 Å². The smallest absolute Gasteiger partial charge is 0.221 e. The van der Waals surface area contributed by atoms with Crippen LogP contribution in [0.25, 0.3) is 0 Å². The first-order chi connectivity index (χ1) is 8.25. The molecule has 3 N–H and O–H groups in total. The lowest BCUT2D eigenvalue weighted by atomic mass is 9.97. The molecule has 2 aliphatic heterocycles. The van der Waals surface area contributed by atoms with Crippen LogP contribution in [0.15, 0.2) is 0 Å². The molecule has 0 aliphatic carbocycles. The molecule has 1 atom stereocenters. The number of nitrogens with one attached hydrogen (secondary N) is 1. The Morgan fingerprint density at radius 1 is 1.18 bits per heavy atom. The van der Waals surface area contributed by atoms with Crippen molar-refractivity contribution in [2.75, 3.05) is 52.4 Å². The maximum Gasteiger partial charge on any atom is 0.221 e. The quantitative estimate of drug-likeness (QED) is 0.668. The number of nitrogens with two attached hydrogens (primary N) is 1. The molecule has 2 saturated heterocycles. The van der Waals surface area contributed by atoms with Gasteiger partial charge in [-0.05, 0) is 19.4 Å². The van der Waals surface area contributed by atoms with Gasteiger partial charge < -0.3 is 16.0 Å². The van der Waals surface area contributed by atoms with Gasteiger partial charge in [0, 0.05) is 45.8 Å². The molecule has 5 nitrogen and oxygen atoms in total. The number of piperidine rings is 1. The van der Waals surface area contributed by atoms with Crippen LogP contribution in [0.4, 0.5) is 0 Å². The van der Waals surface area contributed by atoms with Crippen LogP contribution in [0.1, 0.15) is 12.8 Å². The molecular formula is C12H24N4O. The third-order valence-corrected chi connectivity index (χ3v) is 3.85. The maximum absolute atomic E-state index is 11.2. The van der Waals surface area contributed by atoms with Gasteiger partial charge in [-0.1, -0.05) is 0 Å². The standard InChI is InChI=1S/C12H24N4O/c13-12(17)11-2-1-5-16(10-11)9-8-15-6-3-14-4-7-15/h11,14H,1-10H2,(H2,13,17). The lowest BCUT2D eigenvalue weighted by Gasteiger charge is -2.34. The lowest BCUT2D eigenvalue weighted by molar-refractivity contribution is -0.123. The van der Waals surface area contributed by atoms with Crippen LogP contribution < -0.4 is 11.1 Å². The fraction of sp³-hybridized carbons (Fsp3) is 0.917. The lowest BCUT2D eigenvalue weighted by Crippen LogP contribution is -2.48. The number of carbonyl (C=O) groups excluding carboxylic acids is 1. The molecule has 0 aromatic heterocycles. The summed E-state index contributed by atoms with van der Waals surface area (Å²) in [6.45, 7) is 8.67. The Hall–Kier alpha value is -0.650. The predicted octanol–water partition coefficient (Wildman–Crippen LogP) is -0.911. The molecule has 1 unspecified atom stereocenters. The number of primary amides is 1. The summed E-state index contributed by atoms with van der Waals surface area (Å²) in [5.41, 5.74) is 5.38. The summed E-state index contributed by atoms with van der Waals surface area (Å²) in [5.74, 6) is -0.0522. The second-order valence-corrected chi connectivity index (χ2v) is 5.13. The minimum atomic E-state index is -0.128. The average molecular weight is 240 g/mol. The summed E-state index contributed by atoms with van der Waals surface area (Å²) in [6.07, 6.45) is 2.08. The normalized spacial score (nSPS) is 28.1. The SMILES string of the molecule is NC(=O)C1CCCN(CCN2CCNCC2)C1. The van der Waals surface area contributed by atoms with Gasteiger partial charge in [-0.2, -0.15) is 0 Å². The van der Waals surface area contributed by atoms with Gasteiger partial charge in [0.25, 0.3) is 0 Å². The molecule has 2 fully saturated rings. The maximum atomic E-state index is 11.2. The van der Waals surface area contributed by atoms with Crippen molar-refractivity contribution in [2.24, 2.45) is 11.7 Å². The highest BCUT2D eigenvalue weighted by Gasteiger charge is 2.24. The van der Waals surface area contributed by atoms with Gasteiger partial charge in [-0.3, -0.25) is 9.69 Å². The number of amides is 1. The van der Waals surface area contributed by atoms with E-state index in [9.17, 15) is 4.79 Å². The van der Waals surface area contributed by atoms with Crippen molar-refractivity contribution in [3.63, 3.8) is 0 Å². The van der Waals surface area contributed by atoms with E-state index in [1.54, 1.807) is 0 Å². The van der Waals surface area contributed by atoms with E-state index in [0.29, 0.717) is 0 Å². The highest BCUT2D eigenvalue weighted by atomic mass is 16.1.